The van der Waals surface area contributed by atoms with Crippen molar-refractivity contribution in [3.8, 4) is 0 Å². The third-order valence-electron chi connectivity index (χ3n) is 2.77. The van der Waals surface area contributed by atoms with Crippen LogP contribution in [0.2, 0.25) is 0 Å². The summed E-state index contributed by atoms with van der Waals surface area (Å²) in [5.74, 6) is -1.26. The van der Waals surface area contributed by atoms with Gasteiger partial charge in [0.1, 0.15) is 5.69 Å². The summed E-state index contributed by atoms with van der Waals surface area (Å²) in [5.41, 5.74) is 0.670. The van der Waals surface area contributed by atoms with E-state index in [1.165, 1.54) is 12.3 Å². The van der Waals surface area contributed by atoms with Crippen molar-refractivity contribution in [1.29, 1.82) is 0 Å². The Hall–Kier alpha value is -2.17. The van der Waals surface area contributed by atoms with Crippen LogP contribution in [0, 0.1) is 0 Å². The molecule has 0 aliphatic rings. The predicted molar refractivity (Wildman–Crippen MR) is 72.7 cm³/mol. The molecule has 0 bridgehead atoms. The summed E-state index contributed by atoms with van der Waals surface area (Å²) in [5, 5.41) is 11.4. The van der Waals surface area contributed by atoms with Crippen molar-refractivity contribution in [2.75, 3.05) is 0 Å². The van der Waals surface area contributed by atoms with E-state index < -0.39 is 5.97 Å². The fourth-order valence-corrected chi connectivity index (χ4v) is 1.27. The van der Waals surface area contributed by atoms with Crippen molar-refractivity contribution in [2.45, 2.75) is 32.7 Å². The second-order valence-corrected chi connectivity index (χ2v) is 4.84. The molecule has 0 aliphatic heterocycles. The second-order valence-electron chi connectivity index (χ2n) is 4.84. The Morgan fingerprint density at radius 1 is 1.42 bits per heavy atom. The number of hydrogen-bond donors (Lipinski definition) is 2. The van der Waals surface area contributed by atoms with E-state index in [0.29, 0.717) is 11.3 Å². The summed E-state index contributed by atoms with van der Waals surface area (Å²) >= 11 is 0. The predicted octanol–water partition coefficient (Wildman–Crippen LogP) is 2.10. The van der Waals surface area contributed by atoms with Gasteiger partial charge in [-0.15, -0.1) is 0 Å². The van der Waals surface area contributed by atoms with Crippen LogP contribution in [0.25, 0.3) is 6.08 Å². The van der Waals surface area contributed by atoms with Crippen LogP contribution < -0.4 is 5.32 Å². The molecule has 1 aromatic rings. The van der Waals surface area contributed by atoms with Gasteiger partial charge >= 0.3 is 5.97 Å². The lowest BCUT2D eigenvalue weighted by Gasteiger charge is -2.24. The lowest BCUT2D eigenvalue weighted by Crippen LogP contribution is -2.43. The molecule has 102 valence electrons. The zero-order chi connectivity index (χ0) is 14.5. The number of nitrogens with zero attached hydrogens (tertiary/aromatic N) is 1. The van der Waals surface area contributed by atoms with E-state index in [1.807, 2.05) is 20.8 Å². The highest BCUT2D eigenvalue weighted by molar-refractivity contribution is 5.93. The van der Waals surface area contributed by atoms with Crippen LogP contribution >= 0.6 is 0 Å². The standard InChI is InChI=1S/C14H18N2O3/c1-4-14(2,3)16-13(19)11-7-5-10(9-15-11)6-8-12(17)18/h5-9H,4H2,1-3H3,(H,16,19)(H,17,18)/b8-6+. The van der Waals surface area contributed by atoms with E-state index in [1.54, 1.807) is 12.1 Å². The van der Waals surface area contributed by atoms with Crippen molar-refractivity contribution in [3.63, 3.8) is 0 Å². The maximum absolute atomic E-state index is 11.9. The fraction of sp³-hybridized carbons (Fsp3) is 0.357. The van der Waals surface area contributed by atoms with Crippen molar-refractivity contribution >= 4 is 18.0 Å². The van der Waals surface area contributed by atoms with Gasteiger partial charge in [-0.2, -0.15) is 0 Å². The van der Waals surface area contributed by atoms with Crippen LogP contribution in [0.15, 0.2) is 24.4 Å². The largest absolute Gasteiger partial charge is 0.478 e. The number of carboxylic acids is 1. The first kappa shape index (κ1) is 14.9. The molecule has 1 heterocycles. The molecule has 0 atom stereocenters. The molecule has 2 N–H and O–H groups in total. The van der Waals surface area contributed by atoms with Gasteiger partial charge in [0, 0.05) is 17.8 Å². The lowest BCUT2D eigenvalue weighted by molar-refractivity contribution is -0.131. The van der Waals surface area contributed by atoms with Crippen LogP contribution in [0.4, 0.5) is 0 Å². The zero-order valence-corrected chi connectivity index (χ0v) is 11.3. The van der Waals surface area contributed by atoms with E-state index in [0.717, 1.165) is 12.5 Å². The summed E-state index contributed by atoms with van der Waals surface area (Å²) in [6.07, 6.45) is 4.73. The highest BCUT2D eigenvalue weighted by Crippen LogP contribution is 2.09. The summed E-state index contributed by atoms with van der Waals surface area (Å²) in [6.45, 7) is 5.87. The molecule has 0 saturated carbocycles. The monoisotopic (exact) mass is 262 g/mol. The molecule has 5 heteroatoms. The number of nitrogens with one attached hydrogen (secondary N) is 1. The van der Waals surface area contributed by atoms with Crippen molar-refractivity contribution in [1.82, 2.24) is 10.3 Å². The highest BCUT2D eigenvalue weighted by Gasteiger charge is 2.19. The number of carboxylic acid groups (broad SMARTS) is 1. The summed E-state index contributed by atoms with van der Waals surface area (Å²) in [7, 11) is 0. The second kappa shape index (κ2) is 6.13. The fourth-order valence-electron chi connectivity index (χ4n) is 1.27. The number of aliphatic carboxylic acids is 1. The minimum Gasteiger partial charge on any atom is -0.478 e. The molecule has 0 fully saturated rings. The lowest BCUT2D eigenvalue weighted by atomic mass is 10.0. The molecule has 19 heavy (non-hydrogen) atoms. The number of rotatable bonds is 5. The Kier molecular flexibility index (Phi) is 4.80. The van der Waals surface area contributed by atoms with E-state index in [-0.39, 0.29) is 11.4 Å². The number of carbonyl (C=O) groups is 2. The summed E-state index contributed by atoms with van der Waals surface area (Å²) in [6, 6.07) is 3.23. The van der Waals surface area contributed by atoms with Crippen LogP contribution in [0.1, 0.15) is 43.2 Å². The SMILES string of the molecule is CCC(C)(C)NC(=O)c1ccc(/C=C/C(=O)O)cn1. The van der Waals surface area contributed by atoms with E-state index in [9.17, 15) is 9.59 Å². The Morgan fingerprint density at radius 3 is 2.58 bits per heavy atom. The van der Waals surface area contributed by atoms with Crippen molar-refractivity contribution in [2.24, 2.45) is 0 Å². The number of aromatic nitrogens is 1. The zero-order valence-electron chi connectivity index (χ0n) is 11.3. The third kappa shape index (κ3) is 4.91. The normalized spacial score (nSPS) is 11.5. The number of carbonyl (C=O) groups excluding carboxylic acids is 1. The number of amides is 1. The quantitative estimate of drug-likeness (QED) is 0.796. The minimum absolute atomic E-state index is 0.236. The first-order valence-corrected chi connectivity index (χ1v) is 6.03. The average molecular weight is 262 g/mol. The van der Waals surface area contributed by atoms with Gasteiger partial charge in [0.2, 0.25) is 0 Å². The molecular formula is C14H18N2O3. The minimum atomic E-state index is -1.02. The molecule has 0 radical (unpaired) electrons. The number of hydrogen-bond acceptors (Lipinski definition) is 3. The Morgan fingerprint density at radius 2 is 2.11 bits per heavy atom. The molecular weight excluding hydrogens is 244 g/mol. The summed E-state index contributed by atoms with van der Waals surface area (Å²) < 4.78 is 0. The molecule has 1 aromatic heterocycles. The Balaban J connectivity index is 2.76. The summed E-state index contributed by atoms with van der Waals surface area (Å²) in [4.78, 5) is 26.3. The molecule has 1 amide bonds. The molecule has 0 unspecified atom stereocenters. The van der Waals surface area contributed by atoms with Gasteiger partial charge < -0.3 is 10.4 Å². The maximum atomic E-state index is 11.9. The Labute approximate surface area is 112 Å². The van der Waals surface area contributed by atoms with Gasteiger partial charge in [-0.05, 0) is 38.0 Å². The van der Waals surface area contributed by atoms with Gasteiger partial charge in [0.05, 0.1) is 0 Å². The molecule has 0 aliphatic carbocycles. The van der Waals surface area contributed by atoms with E-state index >= 15 is 0 Å². The molecule has 5 nitrogen and oxygen atoms in total. The van der Waals surface area contributed by atoms with Crippen LogP contribution in [0.5, 0.6) is 0 Å². The topological polar surface area (TPSA) is 79.3 Å². The number of pyridine rings is 1. The van der Waals surface area contributed by atoms with Gasteiger partial charge in [0.15, 0.2) is 0 Å². The van der Waals surface area contributed by atoms with Gasteiger partial charge in [-0.25, -0.2) is 4.79 Å². The average Bonchev–Trinajstić information content (AvgIpc) is 2.36. The third-order valence-corrected chi connectivity index (χ3v) is 2.77. The van der Waals surface area contributed by atoms with Crippen molar-refractivity contribution < 1.29 is 14.7 Å². The maximum Gasteiger partial charge on any atom is 0.328 e. The van der Waals surface area contributed by atoms with Crippen LogP contribution in [0.3, 0.4) is 0 Å². The van der Waals surface area contributed by atoms with Crippen molar-refractivity contribution in [3.05, 3.63) is 35.7 Å². The molecule has 0 spiro atoms. The first-order chi connectivity index (χ1) is 8.84. The van der Waals surface area contributed by atoms with Crippen LogP contribution in [-0.2, 0) is 4.79 Å². The molecule has 0 saturated heterocycles. The first-order valence-electron chi connectivity index (χ1n) is 6.03. The van der Waals surface area contributed by atoms with Gasteiger partial charge in [-0.3, -0.25) is 9.78 Å². The Bertz CT molecular complexity index is 490. The van der Waals surface area contributed by atoms with Gasteiger partial charge in [-0.1, -0.05) is 13.0 Å². The molecule has 1 rings (SSSR count). The molecule has 0 aromatic carbocycles. The van der Waals surface area contributed by atoms with Crippen LogP contribution in [-0.4, -0.2) is 27.5 Å². The highest BCUT2D eigenvalue weighted by atomic mass is 16.4. The van der Waals surface area contributed by atoms with E-state index in [4.69, 9.17) is 5.11 Å². The van der Waals surface area contributed by atoms with E-state index in [2.05, 4.69) is 10.3 Å². The smallest absolute Gasteiger partial charge is 0.328 e. The van der Waals surface area contributed by atoms with Gasteiger partial charge in [0.25, 0.3) is 5.91 Å².